The van der Waals surface area contributed by atoms with E-state index in [1.54, 1.807) is 12.1 Å². The van der Waals surface area contributed by atoms with Gasteiger partial charge in [-0.25, -0.2) is 4.57 Å². The largest absolute Gasteiger partial charge is 0.435 e. The Morgan fingerprint density at radius 1 is 0.517 bits per heavy atom. The first-order valence-corrected chi connectivity index (χ1v) is 36.0. The number of benzene rings is 2. The zero-order valence-electron chi connectivity index (χ0n) is 37.5. The standard InChI is InChI=1S/C7H7O3P.C7H7O2P.C6H13O3P.C6H13O2PS.C6H13O2P.C6H13PS3/c1-11(8)9-6-4-2-3-5-7(6)10-11;1-10-8-6-4-2-3-5-7(6)9-10;1-6(2)4-8-10(3,7)9-5-6;1-6(2)4-7-9(3,10)8-5-6;1-6(2)4-7-9(3)8-5-6;1-6(2)4-9-7(3,8)10-5-6/h2-5H,1H3;2-5H,1H3;2*4-5H2,1-3H3;4-5H2,1-3H3;4-5H2,1-3H3. The van der Waals surface area contributed by atoms with Crippen molar-refractivity contribution in [1.29, 1.82) is 0 Å². The SMILES string of the molecule is CC1(C)COP(C)(=O)OC1.CC1(C)COP(C)(=S)OC1.CC1(C)CSP(C)(=S)SC1.CP1(=O)Oc2ccccc2O1.CP1OCC(C)(C)CO1.CP1Oc2ccccc2O1. The Bertz CT molecular complexity index is 1700. The molecule has 4 saturated heterocycles. The first-order valence-electron chi connectivity index (χ1n) is 19.2. The van der Waals surface area contributed by atoms with Gasteiger partial charge in [0.1, 0.15) is 0 Å². The molecule has 4 fully saturated rings. The normalized spacial score (nSPS) is 25.2. The van der Waals surface area contributed by atoms with Gasteiger partial charge in [0.2, 0.25) is 0 Å². The molecule has 6 aliphatic heterocycles. The second-order valence-corrected chi connectivity index (χ2v) is 41.6. The van der Waals surface area contributed by atoms with Crippen LogP contribution < -0.4 is 18.1 Å². The maximum absolute atomic E-state index is 11.2. The minimum absolute atomic E-state index is 0.0178. The molecule has 2 aromatic rings. The van der Waals surface area contributed by atoms with Crippen LogP contribution in [-0.4, -0.2) is 91.1 Å². The molecule has 0 N–H and O–H groups in total. The van der Waals surface area contributed by atoms with Crippen molar-refractivity contribution in [2.24, 2.45) is 21.7 Å². The van der Waals surface area contributed by atoms with Gasteiger partial charge < -0.3 is 45.2 Å². The molecule has 8 rings (SSSR count). The van der Waals surface area contributed by atoms with Crippen LogP contribution in [0.1, 0.15) is 55.4 Å². The van der Waals surface area contributed by atoms with Crippen molar-refractivity contribution in [2.75, 3.05) is 91.1 Å². The predicted octanol–water partition coefficient (Wildman–Crippen LogP) is 14.0. The molecular weight excluding hydrogens is 963 g/mol. The summed E-state index contributed by atoms with van der Waals surface area (Å²) < 4.78 is 73.5. The fourth-order valence-electron chi connectivity index (χ4n) is 4.47. The monoisotopic (exact) mass is 1030 g/mol. The lowest BCUT2D eigenvalue weighted by Crippen LogP contribution is -2.28. The van der Waals surface area contributed by atoms with Crippen molar-refractivity contribution >= 4 is 89.3 Å². The molecule has 22 heteroatoms. The van der Waals surface area contributed by atoms with Crippen LogP contribution in [0.3, 0.4) is 0 Å². The molecule has 0 radical (unpaired) electrons. The maximum Gasteiger partial charge on any atom is 0.427 e. The summed E-state index contributed by atoms with van der Waals surface area (Å²) in [5.41, 5.74) is 0.921. The summed E-state index contributed by atoms with van der Waals surface area (Å²) in [7, 11) is -6.73. The second kappa shape index (κ2) is 23.0. The van der Waals surface area contributed by atoms with E-state index in [0.29, 0.717) is 30.1 Å². The van der Waals surface area contributed by atoms with E-state index in [0.717, 1.165) is 37.9 Å². The molecule has 0 unspecified atom stereocenters. The van der Waals surface area contributed by atoms with Crippen LogP contribution in [0.25, 0.3) is 0 Å². The Hall–Kier alpha value is 0.720. The topological polar surface area (TPSA) is 126 Å². The first-order chi connectivity index (χ1) is 27.4. The Labute approximate surface area is 381 Å². The molecular formula is C38H66O12P6S4. The molecule has 60 heavy (non-hydrogen) atoms. The Morgan fingerprint density at radius 2 is 0.867 bits per heavy atom. The summed E-state index contributed by atoms with van der Waals surface area (Å²) in [5.74, 6) is 5.39. The van der Waals surface area contributed by atoms with Gasteiger partial charge in [0.15, 0.2) is 37.9 Å². The molecule has 0 bridgehead atoms. The zero-order valence-corrected chi connectivity index (χ0v) is 46.1. The van der Waals surface area contributed by atoms with E-state index < -0.39 is 42.9 Å². The van der Waals surface area contributed by atoms with E-state index in [4.69, 9.17) is 68.9 Å². The van der Waals surface area contributed by atoms with Gasteiger partial charge in [0, 0.05) is 54.4 Å². The molecule has 6 aliphatic rings. The molecule has 344 valence electrons. The van der Waals surface area contributed by atoms with E-state index >= 15 is 0 Å². The van der Waals surface area contributed by atoms with E-state index in [2.05, 4.69) is 48.2 Å². The highest BCUT2D eigenvalue weighted by molar-refractivity contribution is 9.00. The third-order valence-corrected chi connectivity index (χ3v) is 24.2. The number of hydrogen-bond donors (Lipinski definition) is 0. The summed E-state index contributed by atoms with van der Waals surface area (Å²) in [5, 5.41) is 0. The maximum atomic E-state index is 11.2. The summed E-state index contributed by atoms with van der Waals surface area (Å²) >= 11 is 14.5. The number of hydrogen-bond acceptors (Lipinski definition) is 16. The molecule has 0 aromatic heterocycles. The van der Waals surface area contributed by atoms with Crippen molar-refractivity contribution in [3.63, 3.8) is 0 Å². The van der Waals surface area contributed by atoms with Crippen LogP contribution in [0.15, 0.2) is 48.5 Å². The van der Waals surface area contributed by atoms with Gasteiger partial charge in [-0.2, -0.15) is 0 Å². The first kappa shape index (κ1) is 55.1. The fourth-order valence-corrected chi connectivity index (χ4v) is 18.2. The number of fused-ring (bicyclic) bond motifs is 2. The second-order valence-electron chi connectivity index (χ2n) is 18.1. The van der Waals surface area contributed by atoms with Gasteiger partial charge >= 0.3 is 15.2 Å². The Morgan fingerprint density at radius 3 is 1.20 bits per heavy atom. The lowest BCUT2D eigenvalue weighted by atomic mass is 9.97. The number of rotatable bonds is 0. The molecule has 0 atom stereocenters. The molecule has 6 heterocycles. The molecule has 0 aliphatic carbocycles. The molecule has 2 aromatic carbocycles. The molecule has 0 spiro atoms. The van der Waals surface area contributed by atoms with E-state index in [1.165, 1.54) is 24.8 Å². The van der Waals surface area contributed by atoms with Crippen LogP contribution in [0, 0.1) is 21.7 Å². The van der Waals surface area contributed by atoms with E-state index in [1.807, 2.05) is 93.0 Å². The quantitative estimate of drug-likeness (QED) is 0.232. The smallest absolute Gasteiger partial charge is 0.427 e. The van der Waals surface area contributed by atoms with Gasteiger partial charge in [-0.1, -0.05) is 91.5 Å². The van der Waals surface area contributed by atoms with Crippen molar-refractivity contribution < 1.29 is 54.4 Å². The van der Waals surface area contributed by atoms with Crippen LogP contribution in [0.5, 0.6) is 23.0 Å². The van der Waals surface area contributed by atoms with Gasteiger partial charge in [0.05, 0.1) is 50.7 Å². The van der Waals surface area contributed by atoms with Crippen molar-refractivity contribution in [2.45, 2.75) is 55.4 Å². The highest BCUT2D eigenvalue weighted by atomic mass is 33.2. The molecule has 12 nitrogen and oxygen atoms in total. The lowest BCUT2D eigenvalue weighted by molar-refractivity contribution is 0.0439. The van der Waals surface area contributed by atoms with Crippen molar-refractivity contribution in [3.8, 4) is 23.0 Å². The lowest BCUT2D eigenvalue weighted by Gasteiger charge is -2.34. The third-order valence-electron chi connectivity index (χ3n) is 8.09. The minimum Gasteiger partial charge on any atom is -0.435 e. The summed E-state index contributed by atoms with van der Waals surface area (Å²) in [4.78, 5) is 0. The van der Waals surface area contributed by atoms with Gasteiger partial charge in [-0.3, -0.25) is 4.57 Å². The molecule has 0 amide bonds. The summed E-state index contributed by atoms with van der Waals surface area (Å²) in [6.45, 7) is 30.6. The Kier molecular flexibility index (Phi) is 21.1. The van der Waals surface area contributed by atoms with Crippen LogP contribution in [0.2, 0.25) is 0 Å². The summed E-state index contributed by atoms with van der Waals surface area (Å²) in [6.07, 6.45) is 0. The van der Waals surface area contributed by atoms with E-state index in [-0.39, 0.29) is 16.2 Å². The van der Waals surface area contributed by atoms with Gasteiger partial charge in [0.25, 0.3) is 8.38 Å². The van der Waals surface area contributed by atoms with Crippen molar-refractivity contribution in [1.82, 2.24) is 0 Å². The minimum atomic E-state index is -2.83. The highest BCUT2D eigenvalue weighted by Gasteiger charge is 2.33. The molecule has 0 saturated carbocycles. The van der Waals surface area contributed by atoms with Crippen molar-refractivity contribution in [3.05, 3.63) is 48.5 Å². The Balaban J connectivity index is 0.000000192. The average molecular weight is 1030 g/mol. The van der Waals surface area contributed by atoms with Gasteiger partial charge in [-0.15, -0.1) is 22.8 Å². The van der Waals surface area contributed by atoms with Crippen LogP contribution in [-0.2, 0) is 59.9 Å². The highest BCUT2D eigenvalue weighted by Crippen LogP contribution is 2.71. The van der Waals surface area contributed by atoms with Gasteiger partial charge in [-0.05, 0) is 48.2 Å². The predicted molar refractivity (Wildman–Crippen MR) is 264 cm³/mol. The number of para-hydroxylation sites is 4. The van der Waals surface area contributed by atoms with Crippen LogP contribution >= 0.6 is 65.6 Å². The third kappa shape index (κ3) is 21.8. The average Bonchev–Trinajstić information content (AvgIpc) is 3.69. The van der Waals surface area contributed by atoms with E-state index in [9.17, 15) is 9.13 Å². The fraction of sp³-hybridized carbons (Fsp3) is 0.684. The van der Waals surface area contributed by atoms with Crippen LogP contribution in [0.4, 0.5) is 0 Å². The zero-order chi connectivity index (χ0) is 45.3. The summed E-state index contributed by atoms with van der Waals surface area (Å²) in [6, 6.07) is 14.8.